The largest absolute Gasteiger partial charge is 0.393 e. The molecule has 0 aromatic heterocycles. The molecule has 51 heavy (non-hydrogen) atoms. The molecule has 7 aliphatic rings. The quantitative estimate of drug-likeness (QED) is 0.210. The Bertz CT molecular complexity index is 1300. The second kappa shape index (κ2) is 13.8. The van der Waals surface area contributed by atoms with Crippen LogP contribution in [0.3, 0.4) is 0 Å². The Morgan fingerprint density at radius 1 is 0.941 bits per heavy atom. The van der Waals surface area contributed by atoms with E-state index in [-0.39, 0.29) is 36.1 Å². The highest BCUT2D eigenvalue weighted by Gasteiger charge is 2.74. The molecule has 0 aromatic rings. The Morgan fingerprint density at radius 3 is 2.39 bits per heavy atom. The highest BCUT2D eigenvalue weighted by molar-refractivity contribution is 5.30. The molecule has 0 bridgehead atoms. The average molecular weight is 726 g/mol. The van der Waals surface area contributed by atoms with Crippen molar-refractivity contribution < 1.29 is 58.7 Å². The second-order valence-corrected chi connectivity index (χ2v) is 17.6. The summed E-state index contributed by atoms with van der Waals surface area (Å²) in [4.78, 5) is 0. The van der Waals surface area contributed by atoms with Gasteiger partial charge in [-0.05, 0) is 89.4 Å². The van der Waals surface area contributed by atoms with E-state index in [4.69, 9.17) is 33.2 Å². The molecule has 0 amide bonds. The summed E-state index contributed by atoms with van der Waals surface area (Å²) < 4.78 is 43.1. The number of aliphatic hydroxyl groups excluding tert-OH is 3. The number of ether oxygens (including phenoxy) is 7. The smallest absolute Gasteiger partial charge is 0.187 e. The maximum absolute atomic E-state index is 13.3. The summed E-state index contributed by atoms with van der Waals surface area (Å²) >= 11 is 0. The van der Waals surface area contributed by atoms with Gasteiger partial charge < -0.3 is 58.7 Å². The van der Waals surface area contributed by atoms with Gasteiger partial charge in [0.2, 0.25) is 0 Å². The summed E-state index contributed by atoms with van der Waals surface area (Å²) in [6.07, 6.45) is -0.814. The van der Waals surface area contributed by atoms with E-state index < -0.39 is 84.2 Å². The van der Waals surface area contributed by atoms with Gasteiger partial charge in [-0.1, -0.05) is 25.5 Å². The molecule has 0 radical (unpaired) electrons. The fraction of sp³-hybridized carbons (Fsp3) is 0.947. The van der Waals surface area contributed by atoms with Gasteiger partial charge in [0.25, 0.3) is 0 Å². The van der Waals surface area contributed by atoms with Crippen LogP contribution in [0, 0.1) is 28.6 Å². The van der Waals surface area contributed by atoms with Gasteiger partial charge in [-0.2, -0.15) is 0 Å². The maximum Gasteiger partial charge on any atom is 0.187 e. The molecule has 20 atom stereocenters. The number of fused-ring (bicyclic) bond motifs is 7. The van der Waals surface area contributed by atoms with Crippen molar-refractivity contribution in [1.82, 2.24) is 5.32 Å². The molecule has 0 aromatic carbocycles. The minimum Gasteiger partial charge on any atom is -0.393 e. The van der Waals surface area contributed by atoms with Crippen LogP contribution in [0.15, 0.2) is 11.6 Å². The predicted molar refractivity (Wildman–Crippen MR) is 183 cm³/mol. The maximum atomic E-state index is 13.3. The van der Waals surface area contributed by atoms with Crippen molar-refractivity contribution in [3.8, 4) is 0 Å². The first-order valence-electron chi connectivity index (χ1n) is 19.2. The molecule has 4 aliphatic carbocycles. The number of rotatable bonds is 7. The molecule has 3 heterocycles. The summed E-state index contributed by atoms with van der Waals surface area (Å²) in [7, 11) is 3.01. The Hall–Kier alpha value is -0.780. The average Bonchev–Trinajstić information content (AvgIpc) is 3.27. The minimum atomic E-state index is -1.43. The van der Waals surface area contributed by atoms with Crippen molar-refractivity contribution in [2.45, 2.75) is 177 Å². The van der Waals surface area contributed by atoms with E-state index in [0.29, 0.717) is 12.3 Å². The van der Waals surface area contributed by atoms with Crippen molar-refractivity contribution in [3.63, 3.8) is 0 Å². The molecule has 6 fully saturated rings. The minimum absolute atomic E-state index is 0.0102. The van der Waals surface area contributed by atoms with Crippen LogP contribution in [-0.4, -0.2) is 137 Å². The predicted octanol–water partition coefficient (Wildman–Crippen LogP) is 1.75. The first-order valence-corrected chi connectivity index (χ1v) is 19.2. The molecule has 292 valence electrons. The molecule has 13 heteroatoms. The first-order chi connectivity index (χ1) is 24.0. The lowest BCUT2D eigenvalue weighted by molar-refractivity contribution is -0.347. The van der Waals surface area contributed by atoms with Crippen LogP contribution in [-0.2, 0) is 33.2 Å². The Kier molecular flexibility index (Phi) is 10.4. The molecular formula is C38H63NO12. The van der Waals surface area contributed by atoms with Gasteiger partial charge in [0.05, 0.1) is 49.3 Å². The molecule has 6 N–H and O–H groups in total. The summed E-state index contributed by atoms with van der Waals surface area (Å²) in [5, 5.41) is 59.8. The highest BCUT2D eigenvalue weighted by Crippen LogP contribution is 2.69. The third-order valence-corrected chi connectivity index (χ3v) is 14.7. The number of allylic oxidation sites excluding steroid dienone is 1. The lowest BCUT2D eigenvalue weighted by Gasteiger charge is -2.59. The number of nitrogens with one attached hydrogen (secondary N) is 1. The second-order valence-electron chi connectivity index (χ2n) is 17.6. The molecule has 3 saturated heterocycles. The molecule has 3 aliphatic heterocycles. The van der Waals surface area contributed by atoms with E-state index >= 15 is 0 Å². The Balaban J connectivity index is 1.12. The number of hydrogen-bond acceptors (Lipinski definition) is 13. The van der Waals surface area contributed by atoms with E-state index in [9.17, 15) is 25.5 Å². The normalized spacial score (nSPS) is 56.3. The van der Waals surface area contributed by atoms with Crippen molar-refractivity contribution in [2.75, 3.05) is 20.8 Å². The van der Waals surface area contributed by atoms with Gasteiger partial charge in [-0.25, -0.2) is 0 Å². The van der Waals surface area contributed by atoms with Gasteiger partial charge in [0, 0.05) is 26.1 Å². The van der Waals surface area contributed by atoms with Crippen LogP contribution < -0.4 is 5.32 Å². The van der Waals surface area contributed by atoms with E-state index in [1.165, 1.54) is 12.7 Å². The third kappa shape index (κ3) is 6.09. The van der Waals surface area contributed by atoms with Gasteiger partial charge in [0.1, 0.15) is 35.7 Å². The van der Waals surface area contributed by atoms with Gasteiger partial charge in [0.15, 0.2) is 12.6 Å². The lowest BCUT2D eigenvalue weighted by atomic mass is 9.46. The van der Waals surface area contributed by atoms with Gasteiger partial charge >= 0.3 is 0 Å². The van der Waals surface area contributed by atoms with Crippen molar-refractivity contribution in [1.29, 1.82) is 0 Å². The topological polar surface area (TPSA) is 178 Å². The van der Waals surface area contributed by atoms with Crippen LogP contribution >= 0.6 is 0 Å². The van der Waals surface area contributed by atoms with Crippen LogP contribution in [0.4, 0.5) is 0 Å². The summed E-state index contributed by atoms with van der Waals surface area (Å²) in [6.45, 7) is 11.8. The fourth-order valence-corrected chi connectivity index (χ4v) is 11.9. The van der Waals surface area contributed by atoms with Crippen molar-refractivity contribution in [2.24, 2.45) is 28.6 Å². The molecule has 13 nitrogen and oxygen atoms in total. The van der Waals surface area contributed by atoms with Crippen molar-refractivity contribution >= 4 is 0 Å². The summed E-state index contributed by atoms with van der Waals surface area (Å²) in [6, 6.07) is -0.595. The zero-order valence-corrected chi connectivity index (χ0v) is 31.6. The van der Waals surface area contributed by atoms with Gasteiger partial charge in [-0.3, -0.25) is 5.32 Å². The fourth-order valence-electron chi connectivity index (χ4n) is 11.9. The number of hydrogen-bond donors (Lipinski definition) is 6. The summed E-state index contributed by atoms with van der Waals surface area (Å²) in [5.74, 6) is 0.691. The first kappa shape index (κ1) is 38.5. The monoisotopic (exact) mass is 725 g/mol. The zero-order valence-electron chi connectivity index (χ0n) is 31.6. The van der Waals surface area contributed by atoms with Crippen LogP contribution in [0.1, 0.15) is 86.5 Å². The Morgan fingerprint density at radius 2 is 1.69 bits per heavy atom. The SMILES string of the molecule is CO[C@H]1[C@H](O)[C@@H](O[C@H]2[C@H](C)O[C@H](O[C@H](C)[C@]3(O)[C@H]4N[C@@](C)(O)CO[C@@H]4[C@H]4[C@@H]5CC=C6C[C@@H](O)CC[C@]6(C)[C@H]5CC[C@@]43C)C[C@H]2OC)O[C@@H](C)[C@@H]1O. The standard InChI is InChI=1S/C38H63NO12/c1-18-28(41)32(46-8)29(42)34(49-18)51-30-19(2)48-26(16-25(30)45-7)50-20(3)38(44)33-31(47-17-37(6,43)39-33)27-23-10-9-21-15-22(40)11-13-35(21,4)24(23)12-14-36(27,38)5/h9,18-20,22-34,39-44H,10-17H2,1-8H3/t18-,19-,20+,22-,23+,24-,25+,26+,27+,28-,29-,30-,31+,32+,33-,34+,35-,36-,37-,38-/m0/s1. The molecule has 0 spiro atoms. The third-order valence-electron chi connectivity index (χ3n) is 14.7. The zero-order chi connectivity index (χ0) is 36.8. The van der Waals surface area contributed by atoms with E-state index in [2.05, 4.69) is 25.2 Å². The molecule has 3 saturated carbocycles. The van der Waals surface area contributed by atoms with Gasteiger partial charge in [-0.15, -0.1) is 0 Å². The number of methoxy groups -OCH3 is 2. The molecule has 7 rings (SSSR count). The highest BCUT2D eigenvalue weighted by atomic mass is 16.7. The molecular weight excluding hydrogens is 662 g/mol. The number of aliphatic hydroxyl groups is 5. The van der Waals surface area contributed by atoms with Crippen molar-refractivity contribution in [3.05, 3.63) is 11.6 Å². The van der Waals surface area contributed by atoms with E-state index in [1.54, 1.807) is 21.0 Å². The lowest BCUT2D eigenvalue weighted by Crippen LogP contribution is -2.70. The van der Waals surface area contributed by atoms with E-state index in [1.807, 2.05) is 13.8 Å². The number of morpholine rings is 1. The van der Waals surface area contributed by atoms with Crippen LogP contribution in [0.5, 0.6) is 0 Å². The Labute approximate surface area is 302 Å². The summed E-state index contributed by atoms with van der Waals surface area (Å²) in [5.41, 5.74) is -1.97. The molecule has 0 unspecified atom stereocenters. The van der Waals surface area contributed by atoms with E-state index in [0.717, 1.165) is 38.5 Å². The van der Waals surface area contributed by atoms with Crippen LogP contribution in [0.25, 0.3) is 0 Å². The van der Waals surface area contributed by atoms with Crippen LogP contribution in [0.2, 0.25) is 0 Å².